The summed E-state index contributed by atoms with van der Waals surface area (Å²) in [6.45, 7) is 6.76. The number of hydrogen-bond acceptors (Lipinski definition) is 3. The van der Waals surface area contributed by atoms with Crippen molar-refractivity contribution in [3.8, 4) is 11.1 Å². The molecular weight excluding hydrogens is 360 g/mol. The van der Waals surface area contributed by atoms with Crippen molar-refractivity contribution in [3.63, 3.8) is 0 Å². The van der Waals surface area contributed by atoms with Gasteiger partial charge in [-0.05, 0) is 49.1 Å². The van der Waals surface area contributed by atoms with Crippen LogP contribution < -0.4 is 9.79 Å². The van der Waals surface area contributed by atoms with Crippen LogP contribution in [0.3, 0.4) is 0 Å². The van der Waals surface area contributed by atoms with Gasteiger partial charge >= 0.3 is 0 Å². The molecule has 144 valence electrons. The lowest BCUT2D eigenvalue weighted by atomic mass is 9.93. The molecule has 1 aliphatic rings. The molecule has 0 unspecified atom stereocenters. The third-order valence-corrected chi connectivity index (χ3v) is 5.22. The van der Waals surface area contributed by atoms with E-state index in [2.05, 4.69) is 17.2 Å². The fourth-order valence-corrected chi connectivity index (χ4v) is 3.99. The quantitative estimate of drug-likeness (QED) is 0.309. The summed E-state index contributed by atoms with van der Waals surface area (Å²) in [5.74, 6) is -0.359. The first-order chi connectivity index (χ1) is 13.9. The van der Waals surface area contributed by atoms with Crippen LogP contribution in [0.5, 0.6) is 0 Å². The summed E-state index contributed by atoms with van der Waals surface area (Å²) >= 11 is 0. The van der Waals surface area contributed by atoms with E-state index in [9.17, 15) is 9.90 Å². The molecule has 4 heteroatoms. The highest BCUT2D eigenvalue weighted by Gasteiger charge is 2.33. The second kappa shape index (κ2) is 7.13. The normalized spacial score (nSPS) is 12.9. The first-order valence-electron chi connectivity index (χ1n) is 9.59. The summed E-state index contributed by atoms with van der Waals surface area (Å²) in [6, 6.07) is 19.8. The Balaban J connectivity index is 2.14. The lowest BCUT2D eigenvalue weighted by molar-refractivity contribution is -0.654. The van der Waals surface area contributed by atoms with Crippen LogP contribution in [0.15, 0.2) is 72.0 Å². The van der Waals surface area contributed by atoms with Crippen LogP contribution in [-0.2, 0) is 4.79 Å². The highest BCUT2D eigenvalue weighted by Crippen LogP contribution is 2.46. The van der Waals surface area contributed by atoms with Crippen molar-refractivity contribution in [1.82, 2.24) is 5.10 Å². The second-order valence-corrected chi connectivity index (χ2v) is 7.33. The molecule has 0 saturated heterocycles. The van der Waals surface area contributed by atoms with Crippen molar-refractivity contribution in [2.45, 2.75) is 27.7 Å². The summed E-state index contributed by atoms with van der Waals surface area (Å²) in [7, 11) is 0. The first kappa shape index (κ1) is 18.8. The van der Waals surface area contributed by atoms with Crippen molar-refractivity contribution in [2.75, 3.05) is 0 Å². The van der Waals surface area contributed by atoms with Crippen LogP contribution in [-0.4, -0.2) is 10.9 Å². The van der Waals surface area contributed by atoms with Gasteiger partial charge in [-0.2, -0.15) is 0 Å². The number of benzene rings is 2. The molecular formula is C25H22N2O2. The van der Waals surface area contributed by atoms with E-state index in [1.165, 1.54) is 13.8 Å². The average molecular weight is 382 g/mol. The molecule has 1 heterocycles. The van der Waals surface area contributed by atoms with E-state index in [0.717, 1.165) is 39.2 Å². The van der Waals surface area contributed by atoms with Crippen LogP contribution in [0.4, 0.5) is 0 Å². The zero-order valence-electron chi connectivity index (χ0n) is 17.0. The lowest BCUT2D eigenvalue weighted by Gasteiger charge is -2.15. The van der Waals surface area contributed by atoms with Gasteiger partial charge in [0.15, 0.2) is 5.78 Å². The van der Waals surface area contributed by atoms with E-state index in [4.69, 9.17) is 0 Å². The van der Waals surface area contributed by atoms with E-state index in [1.54, 1.807) is 4.68 Å². The molecule has 0 fully saturated rings. The van der Waals surface area contributed by atoms with Crippen molar-refractivity contribution in [2.24, 2.45) is 0 Å². The zero-order chi connectivity index (χ0) is 20.7. The molecule has 1 aliphatic carbocycles. The van der Waals surface area contributed by atoms with Gasteiger partial charge in [-0.1, -0.05) is 59.0 Å². The summed E-state index contributed by atoms with van der Waals surface area (Å²) in [5, 5.41) is 17.4. The number of rotatable bonds is 3. The number of aryl methyl sites for hydroxylation is 2. The maximum atomic E-state index is 13.0. The number of ketones is 1. The summed E-state index contributed by atoms with van der Waals surface area (Å²) in [6.07, 6.45) is 0. The molecule has 4 nitrogen and oxygen atoms in total. The van der Waals surface area contributed by atoms with Gasteiger partial charge in [0.05, 0.1) is 5.57 Å². The van der Waals surface area contributed by atoms with Gasteiger partial charge in [0.1, 0.15) is 5.69 Å². The van der Waals surface area contributed by atoms with Crippen LogP contribution in [0.25, 0.3) is 22.4 Å². The van der Waals surface area contributed by atoms with Gasteiger partial charge in [0.2, 0.25) is 11.4 Å². The van der Waals surface area contributed by atoms with Crippen molar-refractivity contribution in [3.05, 3.63) is 94.5 Å². The smallest absolute Gasteiger partial charge is 0.237 e. The molecule has 2 aromatic carbocycles. The number of fused-ring (bicyclic) bond motifs is 3. The molecule has 4 rings (SSSR count). The third kappa shape index (κ3) is 3.07. The number of carbonyl (C=O) groups excluding carboxylic acids is 1. The third-order valence-electron chi connectivity index (χ3n) is 5.22. The Bertz CT molecular complexity index is 1170. The monoisotopic (exact) mass is 382 g/mol. The number of nitrogens with zero attached hydrogens (tertiary/aromatic N) is 2. The molecule has 0 radical (unpaired) electrons. The molecule has 0 amide bonds. The topological polar surface area (TPSA) is 56.9 Å². The van der Waals surface area contributed by atoms with E-state index >= 15 is 0 Å². The number of carbonyl (C=O) groups is 1. The van der Waals surface area contributed by atoms with Gasteiger partial charge in [0.25, 0.3) is 0 Å². The largest absolute Gasteiger partial charge is 0.871 e. The highest BCUT2D eigenvalue weighted by atomic mass is 16.3. The Labute approximate surface area is 170 Å². The molecule has 29 heavy (non-hydrogen) atoms. The predicted octanol–water partition coefficient (Wildman–Crippen LogP) is 3.61. The van der Waals surface area contributed by atoms with Gasteiger partial charge < -0.3 is 5.11 Å². The van der Waals surface area contributed by atoms with Crippen LogP contribution in [0.2, 0.25) is 0 Å². The Morgan fingerprint density at radius 1 is 0.828 bits per heavy atom. The van der Waals surface area contributed by atoms with Crippen LogP contribution in [0.1, 0.15) is 36.4 Å². The summed E-state index contributed by atoms with van der Waals surface area (Å²) < 4.78 is 1.60. The summed E-state index contributed by atoms with van der Waals surface area (Å²) in [5.41, 5.74) is 7.13. The molecule has 0 bridgehead atoms. The molecule has 0 saturated carbocycles. The number of Topliss-reactive ketones (excluding diaryl/α,β-unsaturated/α-hetero) is 1. The Hall–Kier alpha value is -3.53. The molecule has 0 N–H and O–H groups in total. The van der Waals surface area contributed by atoms with Gasteiger partial charge in [-0.15, -0.1) is 0 Å². The minimum Gasteiger partial charge on any atom is -0.871 e. The lowest BCUT2D eigenvalue weighted by Crippen LogP contribution is -2.44. The highest BCUT2D eigenvalue weighted by molar-refractivity contribution is 6.17. The zero-order valence-corrected chi connectivity index (χ0v) is 17.0. The van der Waals surface area contributed by atoms with Gasteiger partial charge in [0, 0.05) is 23.7 Å². The molecule has 0 spiro atoms. The van der Waals surface area contributed by atoms with Crippen LogP contribution >= 0.6 is 0 Å². The van der Waals surface area contributed by atoms with Gasteiger partial charge in [-0.25, -0.2) is 0 Å². The molecule has 1 aromatic heterocycles. The van der Waals surface area contributed by atoms with E-state index in [0.29, 0.717) is 11.3 Å². The SMILES string of the molecule is CC(=O)C(=C1c2ccccc2-c2ccccc21)/C(=C(/C)[O-])[n+]1nc(C)ccc1C. The van der Waals surface area contributed by atoms with Crippen molar-refractivity contribution < 1.29 is 14.6 Å². The Morgan fingerprint density at radius 3 is 1.83 bits per heavy atom. The van der Waals surface area contributed by atoms with E-state index in [-0.39, 0.29) is 11.5 Å². The molecule has 0 aliphatic heterocycles. The van der Waals surface area contributed by atoms with Crippen molar-refractivity contribution >= 4 is 17.1 Å². The standard InChI is InChI=1S/C25H22N2O2/c1-15-13-14-16(2)27(26-15)25(18(4)29)23(17(3)28)24-21-11-7-5-9-19(21)20-10-6-8-12-22(20)24/h5-14H,1-4H3. The summed E-state index contributed by atoms with van der Waals surface area (Å²) in [4.78, 5) is 13.0. The number of allylic oxidation sites excluding steroid dienone is 3. The predicted molar refractivity (Wildman–Crippen MR) is 111 cm³/mol. The minimum absolute atomic E-state index is 0.160. The Kier molecular flexibility index (Phi) is 4.63. The fraction of sp³-hybridized carbons (Fsp3) is 0.160. The number of hydrogen-bond donors (Lipinski definition) is 0. The fourth-order valence-electron chi connectivity index (χ4n) is 3.99. The van der Waals surface area contributed by atoms with Crippen molar-refractivity contribution in [1.29, 1.82) is 0 Å². The molecule has 3 aromatic rings. The van der Waals surface area contributed by atoms with Gasteiger partial charge in [-0.3, -0.25) is 4.79 Å². The minimum atomic E-state index is -0.198. The van der Waals surface area contributed by atoms with E-state index < -0.39 is 0 Å². The second-order valence-electron chi connectivity index (χ2n) is 7.33. The maximum absolute atomic E-state index is 13.0. The first-order valence-corrected chi connectivity index (χ1v) is 9.59. The molecule has 0 atom stereocenters. The maximum Gasteiger partial charge on any atom is 0.237 e. The number of aromatic nitrogens is 2. The van der Waals surface area contributed by atoms with E-state index in [1.807, 2.05) is 62.4 Å². The van der Waals surface area contributed by atoms with Crippen LogP contribution in [0, 0.1) is 13.8 Å². The average Bonchev–Trinajstić information content (AvgIpc) is 3.02. The Morgan fingerprint density at radius 2 is 1.34 bits per heavy atom.